The lowest BCUT2D eigenvalue weighted by atomic mass is 10.1. The third kappa shape index (κ3) is 2.48. The zero-order valence-electron chi connectivity index (χ0n) is 9.66. The normalized spacial score (nSPS) is 16.3. The summed E-state index contributed by atoms with van der Waals surface area (Å²) in [4.78, 5) is 1.22. The Balaban J connectivity index is 2.27. The van der Waals surface area contributed by atoms with Gasteiger partial charge in [-0.05, 0) is 38.3 Å². The van der Waals surface area contributed by atoms with E-state index in [0.717, 1.165) is 12.8 Å². The second-order valence-electron chi connectivity index (χ2n) is 4.47. The molecule has 1 aromatic rings. The van der Waals surface area contributed by atoms with Crippen molar-refractivity contribution in [1.29, 1.82) is 5.26 Å². The molecule has 0 atom stereocenters. The zero-order valence-corrected chi connectivity index (χ0v) is 10.5. The number of nitriles is 1. The molecule has 1 saturated carbocycles. The Morgan fingerprint density at radius 2 is 2.06 bits per heavy atom. The molecule has 82 valence electrons. The van der Waals surface area contributed by atoms with Gasteiger partial charge in [0.2, 0.25) is 0 Å². The van der Waals surface area contributed by atoms with E-state index in [1.165, 1.54) is 16.0 Å². The average Bonchev–Trinajstić information content (AvgIpc) is 3.01. The molecule has 0 aliphatic heterocycles. The molecule has 0 radical (unpaired) electrons. The minimum absolute atomic E-state index is 0.133. The lowest BCUT2D eigenvalue weighted by Gasteiger charge is -2.09. The second kappa shape index (κ2) is 4.35. The van der Waals surface area contributed by atoms with E-state index in [1.54, 1.807) is 11.8 Å². The number of thioether (sulfide) groups is 1. The standard InChI is InChI=1S/C14H15NS/c1-11(2)9-12-5-3-4-6-13(12)16-14(10-15)7-8-14/h3-6,9H,7-8H2,1-2H3. The van der Waals surface area contributed by atoms with Crippen LogP contribution in [0.15, 0.2) is 34.7 Å². The number of allylic oxidation sites excluding steroid dienone is 1. The molecule has 1 nitrogen and oxygen atoms in total. The van der Waals surface area contributed by atoms with Gasteiger partial charge in [-0.3, -0.25) is 0 Å². The molecule has 1 aliphatic carbocycles. The highest BCUT2D eigenvalue weighted by atomic mass is 32.2. The molecule has 2 rings (SSSR count). The molecule has 1 aromatic carbocycles. The number of nitrogens with zero attached hydrogens (tertiary/aromatic N) is 1. The fraction of sp³-hybridized carbons (Fsp3) is 0.357. The van der Waals surface area contributed by atoms with Crippen LogP contribution in [0, 0.1) is 11.3 Å². The van der Waals surface area contributed by atoms with Crippen molar-refractivity contribution in [3.8, 4) is 6.07 Å². The lowest BCUT2D eigenvalue weighted by molar-refractivity contribution is 1.19. The van der Waals surface area contributed by atoms with Gasteiger partial charge in [0.15, 0.2) is 0 Å². The molecule has 0 bridgehead atoms. The highest BCUT2D eigenvalue weighted by molar-refractivity contribution is 8.01. The zero-order chi connectivity index (χ0) is 11.6. The highest BCUT2D eigenvalue weighted by Gasteiger charge is 2.44. The molecule has 0 saturated heterocycles. The van der Waals surface area contributed by atoms with Gasteiger partial charge >= 0.3 is 0 Å². The summed E-state index contributed by atoms with van der Waals surface area (Å²) in [5.41, 5.74) is 2.52. The molecular weight excluding hydrogens is 214 g/mol. The van der Waals surface area contributed by atoms with Crippen LogP contribution < -0.4 is 0 Å². The van der Waals surface area contributed by atoms with Crippen molar-refractivity contribution in [2.75, 3.05) is 0 Å². The van der Waals surface area contributed by atoms with Crippen molar-refractivity contribution in [3.63, 3.8) is 0 Å². The molecule has 0 unspecified atom stereocenters. The van der Waals surface area contributed by atoms with Gasteiger partial charge in [-0.2, -0.15) is 5.26 Å². The average molecular weight is 229 g/mol. The van der Waals surface area contributed by atoms with Crippen LogP contribution in [0.3, 0.4) is 0 Å². The van der Waals surface area contributed by atoms with E-state index in [1.807, 2.05) is 12.1 Å². The number of benzene rings is 1. The first kappa shape index (κ1) is 11.3. The molecule has 1 fully saturated rings. The van der Waals surface area contributed by atoms with Crippen molar-refractivity contribution in [2.24, 2.45) is 0 Å². The second-order valence-corrected chi connectivity index (χ2v) is 5.89. The molecular formula is C14H15NS. The van der Waals surface area contributed by atoms with Gasteiger partial charge in [0.05, 0.1) is 6.07 Å². The Morgan fingerprint density at radius 1 is 1.38 bits per heavy atom. The van der Waals surface area contributed by atoms with E-state index in [4.69, 9.17) is 5.26 Å². The Bertz CT molecular complexity index is 460. The van der Waals surface area contributed by atoms with Crippen molar-refractivity contribution >= 4 is 17.8 Å². The molecule has 0 aromatic heterocycles. The Kier molecular flexibility index (Phi) is 3.07. The summed E-state index contributed by atoms with van der Waals surface area (Å²) in [6.45, 7) is 4.19. The Morgan fingerprint density at radius 3 is 2.62 bits per heavy atom. The van der Waals surface area contributed by atoms with Crippen LogP contribution in [0.2, 0.25) is 0 Å². The van der Waals surface area contributed by atoms with E-state index in [9.17, 15) is 0 Å². The van der Waals surface area contributed by atoms with Crippen LogP contribution in [0.1, 0.15) is 32.3 Å². The van der Waals surface area contributed by atoms with E-state index >= 15 is 0 Å². The lowest BCUT2D eigenvalue weighted by Crippen LogP contribution is -1.97. The van der Waals surface area contributed by atoms with Gasteiger partial charge in [-0.25, -0.2) is 0 Å². The van der Waals surface area contributed by atoms with E-state index in [0.29, 0.717) is 0 Å². The van der Waals surface area contributed by atoms with Gasteiger partial charge < -0.3 is 0 Å². The van der Waals surface area contributed by atoms with Gasteiger partial charge in [0, 0.05) is 4.90 Å². The maximum atomic E-state index is 9.10. The van der Waals surface area contributed by atoms with Gasteiger partial charge in [0.1, 0.15) is 4.75 Å². The summed E-state index contributed by atoms with van der Waals surface area (Å²) >= 11 is 1.72. The topological polar surface area (TPSA) is 23.8 Å². The first-order valence-electron chi connectivity index (χ1n) is 5.49. The summed E-state index contributed by atoms with van der Waals surface area (Å²) < 4.78 is -0.133. The first-order chi connectivity index (χ1) is 7.65. The van der Waals surface area contributed by atoms with E-state index in [2.05, 4.69) is 38.1 Å². The third-order valence-electron chi connectivity index (χ3n) is 2.58. The summed E-state index contributed by atoms with van der Waals surface area (Å²) in [5, 5.41) is 9.10. The van der Waals surface area contributed by atoms with Crippen molar-refractivity contribution < 1.29 is 0 Å². The summed E-state index contributed by atoms with van der Waals surface area (Å²) in [5.74, 6) is 0. The van der Waals surface area contributed by atoms with Crippen LogP contribution in [0.5, 0.6) is 0 Å². The van der Waals surface area contributed by atoms with Crippen LogP contribution in [0.25, 0.3) is 6.08 Å². The van der Waals surface area contributed by atoms with Crippen molar-refractivity contribution in [2.45, 2.75) is 36.3 Å². The molecule has 0 heterocycles. The Labute approximate surface area is 101 Å². The smallest absolute Gasteiger partial charge is 0.107 e. The predicted molar refractivity (Wildman–Crippen MR) is 69.2 cm³/mol. The van der Waals surface area contributed by atoms with Crippen molar-refractivity contribution in [1.82, 2.24) is 0 Å². The molecule has 16 heavy (non-hydrogen) atoms. The van der Waals surface area contributed by atoms with Crippen LogP contribution >= 0.6 is 11.8 Å². The molecule has 2 heteroatoms. The maximum Gasteiger partial charge on any atom is 0.107 e. The van der Waals surface area contributed by atoms with Crippen LogP contribution in [0.4, 0.5) is 0 Å². The minimum Gasteiger partial charge on any atom is -0.197 e. The summed E-state index contributed by atoms with van der Waals surface area (Å²) in [6, 6.07) is 10.7. The SMILES string of the molecule is CC(C)=Cc1ccccc1SC1(C#N)CC1. The van der Waals surface area contributed by atoms with Gasteiger partial charge in [0.25, 0.3) is 0 Å². The fourth-order valence-corrected chi connectivity index (χ4v) is 2.73. The number of rotatable bonds is 3. The molecule has 0 spiro atoms. The molecule has 1 aliphatic rings. The fourth-order valence-electron chi connectivity index (χ4n) is 1.56. The predicted octanol–water partition coefficient (Wildman–Crippen LogP) is 4.26. The van der Waals surface area contributed by atoms with E-state index in [-0.39, 0.29) is 4.75 Å². The largest absolute Gasteiger partial charge is 0.197 e. The van der Waals surface area contributed by atoms with Gasteiger partial charge in [-0.1, -0.05) is 29.8 Å². The van der Waals surface area contributed by atoms with Crippen molar-refractivity contribution in [3.05, 3.63) is 35.4 Å². The first-order valence-corrected chi connectivity index (χ1v) is 6.31. The highest BCUT2D eigenvalue weighted by Crippen LogP contribution is 2.51. The molecule has 0 amide bonds. The third-order valence-corrected chi connectivity index (χ3v) is 4.06. The number of hydrogen-bond donors (Lipinski definition) is 0. The minimum atomic E-state index is -0.133. The molecule has 0 N–H and O–H groups in total. The van der Waals surface area contributed by atoms with Crippen LogP contribution in [-0.4, -0.2) is 4.75 Å². The summed E-state index contributed by atoms with van der Waals surface area (Å²) in [6.07, 6.45) is 4.23. The quantitative estimate of drug-likeness (QED) is 0.773. The van der Waals surface area contributed by atoms with E-state index < -0.39 is 0 Å². The maximum absolute atomic E-state index is 9.10. The monoisotopic (exact) mass is 229 g/mol. The summed E-state index contributed by atoms with van der Waals surface area (Å²) in [7, 11) is 0. The van der Waals surface area contributed by atoms with Crippen LogP contribution in [-0.2, 0) is 0 Å². The number of hydrogen-bond acceptors (Lipinski definition) is 2. The Hall–Kier alpha value is -1.20. The van der Waals surface area contributed by atoms with Gasteiger partial charge in [-0.15, -0.1) is 11.8 Å².